The zero-order valence-electron chi connectivity index (χ0n) is 23.5. The smallest absolute Gasteiger partial charge is 0.196 e. The minimum Gasteiger partial charge on any atom is -0.507 e. The number of ketones is 4. The van der Waals surface area contributed by atoms with Crippen LogP contribution < -0.4 is 0 Å². The van der Waals surface area contributed by atoms with Crippen LogP contribution >= 0.6 is 0 Å². The van der Waals surface area contributed by atoms with Gasteiger partial charge in [0.25, 0.3) is 0 Å². The van der Waals surface area contributed by atoms with Gasteiger partial charge in [-0.3, -0.25) is 19.2 Å². The Morgan fingerprint density at radius 1 is 0.571 bits per heavy atom. The zero-order chi connectivity index (χ0) is 31.5. The van der Waals surface area contributed by atoms with Gasteiger partial charge in [-0.25, -0.2) is 0 Å². The van der Waals surface area contributed by atoms with E-state index in [4.69, 9.17) is 0 Å². The van der Waals surface area contributed by atoms with Gasteiger partial charge in [-0.05, 0) is 77.0 Å². The molecule has 2 aliphatic carbocycles. The molecule has 0 aromatic heterocycles. The number of allylic oxidation sites excluding steroid dienone is 4. The molecule has 2 aliphatic rings. The molecule has 2 atom stereocenters. The first-order valence-corrected chi connectivity index (χ1v) is 13.0. The highest BCUT2D eigenvalue weighted by Crippen LogP contribution is 2.37. The van der Waals surface area contributed by atoms with Gasteiger partial charge in [0.2, 0.25) is 0 Å². The van der Waals surface area contributed by atoms with Gasteiger partial charge in [0, 0.05) is 11.1 Å². The molecule has 0 aliphatic heterocycles. The van der Waals surface area contributed by atoms with Crippen molar-refractivity contribution >= 4 is 23.1 Å². The number of carbonyl (C=O) groups is 4. The van der Waals surface area contributed by atoms with E-state index in [1.165, 1.54) is 0 Å². The summed E-state index contributed by atoms with van der Waals surface area (Å²) in [6, 6.07) is 4.59. The van der Waals surface area contributed by atoms with E-state index >= 15 is 0 Å². The van der Waals surface area contributed by atoms with Crippen molar-refractivity contribution in [2.24, 2.45) is 0 Å². The molecule has 0 amide bonds. The maximum Gasteiger partial charge on any atom is 0.196 e. The molecule has 220 valence electrons. The van der Waals surface area contributed by atoms with Crippen LogP contribution in [-0.2, 0) is 0 Å². The molecule has 0 heterocycles. The fourth-order valence-electron chi connectivity index (χ4n) is 4.41. The fourth-order valence-corrected chi connectivity index (χ4v) is 4.41. The van der Waals surface area contributed by atoms with E-state index in [2.05, 4.69) is 0 Å². The number of fused-ring (bicyclic) bond motifs is 2. The number of aromatic hydroxyl groups is 4. The summed E-state index contributed by atoms with van der Waals surface area (Å²) in [4.78, 5) is 48.8. The average molecular weight is 577 g/mol. The van der Waals surface area contributed by atoms with Crippen molar-refractivity contribution in [2.75, 3.05) is 0 Å². The third-order valence-electron chi connectivity index (χ3n) is 6.58. The Kier molecular flexibility index (Phi) is 9.67. The van der Waals surface area contributed by atoms with Crippen LogP contribution in [0.2, 0.25) is 0 Å². The standard InChI is InChI=1S/2C16H16O5/c2*1-8(2)3-4-10(17)9-7-13(20)14-11(18)5-6-12(19)15(14)16(9)21/h2*3,5-7,10,17-19H,4H2,1-2H3/t2*10-/m10/s1. The third kappa shape index (κ3) is 6.56. The van der Waals surface area contributed by atoms with E-state index in [0.29, 0.717) is 0 Å². The lowest BCUT2D eigenvalue weighted by atomic mass is 9.85. The Bertz CT molecular complexity index is 1480. The molecule has 0 radical (unpaired) electrons. The van der Waals surface area contributed by atoms with Crippen LogP contribution in [-0.4, -0.2) is 66.0 Å². The lowest BCUT2D eigenvalue weighted by molar-refractivity contribution is 0.0942. The predicted molar refractivity (Wildman–Crippen MR) is 153 cm³/mol. The number of carbonyl (C=O) groups excluding carboxylic acids is 4. The average Bonchev–Trinajstić information content (AvgIpc) is 2.92. The molecular formula is C32H32O10. The maximum atomic E-state index is 12.3. The first-order valence-electron chi connectivity index (χ1n) is 13.0. The van der Waals surface area contributed by atoms with Gasteiger partial charge in [0.05, 0.1) is 34.5 Å². The molecule has 42 heavy (non-hydrogen) atoms. The Morgan fingerprint density at radius 3 is 1.14 bits per heavy atom. The lowest BCUT2D eigenvalue weighted by Gasteiger charge is -2.20. The number of benzene rings is 2. The summed E-state index contributed by atoms with van der Waals surface area (Å²) in [6.45, 7) is 7.42. The van der Waals surface area contributed by atoms with Crippen LogP contribution in [0.5, 0.6) is 23.0 Å². The number of phenols is 4. The number of aliphatic hydroxyl groups excluding tert-OH is 2. The predicted octanol–water partition coefficient (Wildman–Crippen LogP) is 4.24. The van der Waals surface area contributed by atoms with Crippen molar-refractivity contribution in [3.63, 3.8) is 0 Å². The highest BCUT2D eigenvalue weighted by molar-refractivity contribution is 6.27. The topological polar surface area (TPSA) is 190 Å². The summed E-state index contributed by atoms with van der Waals surface area (Å²) in [5.74, 6) is -4.01. The van der Waals surface area contributed by atoms with Crippen LogP contribution in [0.1, 0.15) is 82.0 Å². The molecule has 0 spiro atoms. The molecule has 6 N–H and O–H groups in total. The largest absolute Gasteiger partial charge is 0.507 e. The van der Waals surface area contributed by atoms with Crippen molar-refractivity contribution in [3.05, 3.63) is 93.1 Å². The summed E-state index contributed by atoms with van der Waals surface area (Å²) >= 11 is 0. The van der Waals surface area contributed by atoms with E-state index in [1.54, 1.807) is 12.2 Å². The van der Waals surface area contributed by atoms with Gasteiger partial charge >= 0.3 is 0 Å². The van der Waals surface area contributed by atoms with Crippen LogP contribution in [0.25, 0.3) is 0 Å². The second-order valence-corrected chi connectivity index (χ2v) is 10.4. The molecule has 2 aromatic carbocycles. The molecule has 0 fully saturated rings. The van der Waals surface area contributed by atoms with Crippen molar-refractivity contribution in [3.8, 4) is 23.0 Å². The Hall–Kier alpha value is -4.80. The third-order valence-corrected chi connectivity index (χ3v) is 6.58. The van der Waals surface area contributed by atoms with Gasteiger partial charge < -0.3 is 30.6 Å². The summed E-state index contributed by atoms with van der Waals surface area (Å²) < 4.78 is 0. The van der Waals surface area contributed by atoms with Crippen molar-refractivity contribution < 1.29 is 49.8 Å². The van der Waals surface area contributed by atoms with Gasteiger partial charge in [0.1, 0.15) is 23.0 Å². The van der Waals surface area contributed by atoms with Crippen molar-refractivity contribution in [1.82, 2.24) is 0 Å². The number of phenolic OH excluding ortho intramolecular Hbond substituents is 4. The molecule has 0 bridgehead atoms. The van der Waals surface area contributed by atoms with E-state index in [9.17, 15) is 49.8 Å². The molecular weight excluding hydrogens is 544 g/mol. The molecule has 2 aromatic rings. The summed E-state index contributed by atoms with van der Waals surface area (Å²) in [5.41, 5.74) is 0.839. The zero-order valence-corrected chi connectivity index (χ0v) is 23.5. The van der Waals surface area contributed by atoms with Gasteiger partial charge in [-0.2, -0.15) is 0 Å². The summed E-state index contributed by atoms with van der Waals surface area (Å²) in [6.07, 6.45) is 3.67. The van der Waals surface area contributed by atoms with Crippen LogP contribution in [0.3, 0.4) is 0 Å². The lowest BCUT2D eigenvalue weighted by Crippen LogP contribution is -2.25. The fraction of sp³-hybridized carbons (Fsp3) is 0.250. The highest BCUT2D eigenvalue weighted by atomic mass is 16.3. The minimum absolute atomic E-state index is 0.0779. The van der Waals surface area contributed by atoms with Gasteiger partial charge in [-0.1, -0.05) is 23.3 Å². The first kappa shape index (κ1) is 31.7. The van der Waals surface area contributed by atoms with Gasteiger partial charge in [-0.15, -0.1) is 0 Å². The highest BCUT2D eigenvalue weighted by Gasteiger charge is 2.34. The Morgan fingerprint density at radius 2 is 0.857 bits per heavy atom. The maximum absolute atomic E-state index is 12.3. The quantitative estimate of drug-likeness (QED) is 0.214. The number of hydrogen-bond acceptors (Lipinski definition) is 10. The van der Waals surface area contributed by atoms with Gasteiger partial charge in [0.15, 0.2) is 23.1 Å². The van der Waals surface area contributed by atoms with Crippen LogP contribution in [0, 0.1) is 0 Å². The number of aliphatic hydroxyl groups is 2. The summed E-state index contributed by atoms with van der Waals surface area (Å²) in [5, 5.41) is 59.1. The second-order valence-electron chi connectivity index (χ2n) is 10.4. The molecule has 4 rings (SSSR count). The van der Waals surface area contributed by atoms with E-state index in [1.807, 2.05) is 27.7 Å². The van der Waals surface area contributed by atoms with Crippen molar-refractivity contribution in [2.45, 2.75) is 52.7 Å². The monoisotopic (exact) mass is 576 g/mol. The first-order chi connectivity index (χ1) is 19.6. The Labute approximate surface area is 241 Å². The van der Waals surface area contributed by atoms with Crippen molar-refractivity contribution in [1.29, 1.82) is 0 Å². The number of hydrogen-bond donors (Lipinski definition) is 6. The molecule has 0 saturated carbocycles. The van der Waals surface area contributed by atoms with E-state index < -0.39 is 35.3 Å². The number of Topliss-reactive ketones (excluding diaryl/α,β-unsaturated/α-hetero) is 2. The van der Waals surface area contributed by atoms with Crippen LogP contribution in [0.15, 0.2) is 70.9 Å². The van der Waals surface area contributed by atoms with Crippen LogP contribution in [0.4, 0.5) is 0 Å². The van der Waals surface area contributed by atoms with E-state index in [0.717, 1.165) is 47.6 Å². The SMILES string of the molecule is CC(C)=CC[C@@H](O)C1=CC(=O)c2c(O)ccc(O)c2C1=O.CC(C)=CC[C@H](O)C1=CC(=O)c2c(O)ccc(O)c2C1=O. The molecule has 10 heteroatoms. The minimum atomic E-state index is -1.13. The second kappa shape index (κ2) is 12.8. The molecule has 0 saturated heterocycles. The molecule has 10 nitrogen and oxygen atoms in total. The Balaban J connectivity index is 0.000000230. The normalized spacial score (nSPS) is 15.3. The summed E-state index contributed by atoms with van der Waals surface area (Å²) in [7, 11) is 0. The van der Waals surface area contributed by atoms with E-state index in [-0.39, 0.29) is 69.2 Å². The number of rotatable bonds is 6. The molecule has 0 unspecified atom stereocenters.